The number of anilines is 1. The molecule has 6 nitrogen and oxygen atoms in total. The highest BCUT2D eigenvalue weighted by molar-refractivity contribution is 9.10. The Morgan fingerprint density at radius 3 is 2.55 bits per heavy atom. The van der Waals surface area contributed by atoms with Gasteiger partial charge in [-0.2, -0.15) is 4.31 Å². The van der Waals surface area contributed by atoms with Gasteiger partial charge in [0.05, 0.1) is 9.37 Å². The van der Waals surface area contributed by atoms with E-state index in [1.54, 1.807) is 33.5 Å². The predicted molar refractivity (Wildman–Crippen MR) is 115 cm³/mol. The van der Waals surface area contributed by atoms with E-state index < -0.39 is 10.0 Å². The molecule has 2 aliphatic heterocycles. The molecule has 2 aromatic carbocycles. The highest BCUT2D eigenvalue weighted by atomic mass is 79.9. The Kier molecular flexibility index (Phi) is 5.94. The predicted octanol–water partition coefficient (Wildman–Crippen LogP) is 3.59. The lowest BCUT2D eigenvalue weighted by Crippen LogP contribution is -2.38. The molecule has 0 saturated carbocycles. The SMILES string of the molecule is O=C(COc1ccccc1Br)N1CCCc2cc(S(=O)(=O)N3CCCC3)ccc21. The summed E-state index contributed by atoms with van der Waals surface area (Å²) in [6, 6.07) is 12.5. The van der Waals surface area contributed by atoms with E-state index in [9.17, 15) is 13.2 Å². The Hall–Kier alpha value is -1.90. The molecule has 1 fully saturated rings. The molecule has 0 N–H and O–H groups in total. The molecule has 29 heavy (non-hydrogen) atoms. The number of carbonyl (C=O) groups is 1. The van der Waals surface area contributed by atoms with Crippen molar-refractivity contribution in [3.05, 3.63) is 52.5 Å². The summed E-state index contributed by atoms with van der Waals surface area (Å²) in [5, 5.41) is 0. The first kappa shape index (κ1) is 20.4. The van der Waals surface area contributed by atoms with Gasteiger partial charge in [-0.15, -0.1) is 0 Å². The number of ether oxygens (including phenoxy) is 1. The number of carbonyl (C=O) groups excluding carboxylic acids is 1. The van der Waals surface area contributed by atoms with Crippen LogP contribution in [0.1, 0.15) is 24.8 Å². The van der Waals surface area contributed by atoms with Gasteiger partial charge in [-0.1, -0.05) is 12.1 Å². The zero-order valence-corrected chi connectivity index (χ0v) is 18.4. The van der Waals surface area contributed by atoms with Gasteiger partial charge in [0.1, 0.15) is 5.75 Å². The summed E-state index contributed by atoms with van der Waals surface area (Å²) < 4.78 is 33.7. The molecule has 0 atom stereocenters. The lowest BCUT2D eigenvalue weighted by molar-refractivity contribution is -0.120. The van der Waals surface area contributed by atoms with Crippen molar-refractivity contribution < 1.29 is 17.9 Å². The smallest absolute Gasteiger partial charge is 0.264 e. The first-order valence-corrected chi connectivity index (χ1v) is 12.0. The standard InChI is InChI=1S/C21H23BrN2O4S/c22-18-7-1-2-8-20(18)28-15-21(25)24-13-5-6-16-14-17(9-10-19(16)24)29(26,27)23-11-3-4-12-23/h1-2,7-10,14H,3-6,11-13,15H2. The van der Waals surface area contributed by atoms with Crippen molar-refractivity contribution >= 4 is 37.5 Å². The van der Waals surface area contributed by atoms with Crippen LogP contribution in [0.4, 0.5) is 5.69 Å². The largest absolute Gasteiger partial charge is 0.483 e. The van der Waals surface area contributed by atoms with Crippen LogP contribution in [0.3, 0.4) is 0 Å². The summed E-state index contributed by atoms with van der Waals surface area (Å²) in [5.74, 6) is 0.474. The molecule has 0 unspecified atom stereocenters. The van der Waals surface area contributed by atoms with Crippen molar-refractivity contribution in [3.8, 4) is 5.75 Å². The molecule has 0 spiro atoms. The Balaban J connectivity index is 1.52. The normalized spacial score (nSPS) is 17.2. The van der Waals surface area contributed by atoms with E-state index >= 15 is 0 Å². The fraction of sp³-hybridized carbons (Fsp3) is 0.381. The van der Waals surface area contributed by atoms with Crippen LogP contribution in [0, 0.1) is 0 Å². The Morgan fingerprint density at radius 2 is 1.79 bits per heavy atom. The molecule has 0 radical (unpaired) electrons. The number of aryl methyl sites for hydroxylation is 1. The lowest BCUT2D eigenvalue weighted by Gasteiger charge is -2.30. The summed E-state index contributed by atoms with van der Waals surface area (Å²) >= 11 is 3.41. The second kappa shape index (κ2) is 8.45. The molecular formula is C21H23BrN2O4S. The fourth-order valence-corrected chi connectivity index (χ4v) is 5.82. The van der Waals surface area contributed by atoms with E-state index in [0.29, 0.717) is 30.3 Å². The summed E-state index contributed by atoms with van der Waals surface area (Å²) in [6.45, 7) is 1.69. The summed E-state index contributed by atoms with van der Waals surface area (Å²) in [6.07, 6.45) is 3.36. The van der Waals surface area contributed by atoms with E-state index in [0.717, 1.165) is 41.4 Å². The Morgan fingerprint density at radius 1 is 1.03 bits per heavy atom. The Bertz CT molecular complexity index is 1020. The number of fused-ring (bicyclic) bond motifs is 1. The minimum Gasteiger partial charge on any atom is -0.483 e. The lowest BCUT2D eigenvalue weighted by atomic mass is 10.0. The number of para-hydroxylation sites is 1. The molecule has 0 aromatic heterocycles. The van der Waals surface area contributed by atoms with Gasteiger partial charge >= 0.3 is 0 Å². The van der Waals surface area contributed by atoms with Gasteiger partial charge in [0.15, 0.2) is 6.61 Å². The van der Waals surface area contributed by atoms with Crippen LogP contribution in [0.25, 0.3) is 0 Å². The number of benzene rings is 2. The van der Waals surface area contributed by atoms with Crippen molar-refractivity contribution in [1.82, 2.24) is 4.31 Å². The molecule has 2 heterocycles. The zero-order valence-electron chi connectivity index (χ0n) is 16.0. The second-order valence-corrected chi connectivity index (χ2v) is 10.1. The number of nitrogens with zero attached hydrogens (tertiary/aromatic N) is 2. The molecule has 0 bridgehead atoms. The number of amides is 1. The molecule has 154 valence electrons. The molecule has 0 aliphatic carbocycles. The second-order valence-electron chi connectivity index (χ2n) is 7.27. The van der Waals surface area contributed by atoms with E-state index in [-0.39, 0.29) is 12.5 Å². The van der Waals surface area contributed by atoms with Gasteiger partial charge in [-0.05, 0) is 77.5 Å². The van der Waals surface area contributed by atoms with Crippen LogP contribution in [0.2, 0.25) is 0 Å². The van der Waals surface area contributed by atoms with Crippen molar-refractivity contribution in [2.24, 2.45) is 0 Å². The fourth-order valence-electron chi connectivity index (χ4n) is 3.85. The molecule has 1 saturated heterocycles. The average Bonchev–Trinajstić information content (AvgIpc) is 3.28. The van der Waals surface area contributed by atoms with Crippen LogP contribution < -0.4 is 9.64 Å². The van der Waals surface area contributed by atoms with Crippen molar-refractivity contribution in [2.75, 3.05) is 31.1 Å². The zero-order chi connectivity index (χ0) is 20.4. The monoisotopic (exact) mass is 478 g/mol. The average molecular weight is 479 g/mol. The molecular weight excluding hydrogens is 456 g/mol. The maximum atomic E-state index is 12.8. The van der Waals surface area contributed by atoms with Crippen LogP contribution in [-0.2, 0) is 21.2 Å². The van der Waals surface area contributed by atoms with Crippen LogP contribution in [0.15, 0.2) is 51.8 Å². The molecule has 1 amide bonds. The molecule has 8 heteroatoms. The summed E-state index contributed by atoms with van der Waals surface area (Å²) in [4.78, 5) is 14.8. The Labute approximate surface area is 179 Å². The van der Waals surface area contributed by atoms with E-state index in [2.05, 4.69) is 15.9 Å². The third-order valence-electron chi connectivity index (χ3n) is 5.36. The van der Waals surface area contributed by atoms with Crippen molar-refractivity contribution in [3.63, 3.8) is 0 Å². The van der Waals surface area contributed by atoms with E-state index in [1.165, 1.54) is 0 Å². The number of hydrogen-bond acceptors (Lipinski definition) is 4. The maximum absolute atomic E-state index is 12.8. The first-order valence-electron chi connectivity index (χ1n) is 9.77. The minimum absolute atomic E-state index is 0.0735. The third-order valence-corrected chi connectivity index (χ3v) is 7.91. The number of halogens is 1. The minimum atomic E-state index is -3.46. The van der Waals surface area contributed by atoms with Crippen LogP contribution in [0.5, 0.6) is 5.75 Å². The van der Waals surface area contributed by atoms with Gasteiger partial charge in [-0.3, -0.25) is 4.79 Å². The van der Waals surface area contributed by atoms with E-state index in [4.69, 9.17) is 4.74 Å². The van der Waals surface area contributed by atoms with Crippen molar-refractivity contribution in [2.45, 2.75) is 30.6 Å². The van der Waals surface area contributed by atoms with Gasteiger partial charge in [-0.25, -0.2) is 8.42 Å². The van der Waals surface area contributed by atoms with Gasteiger partial charge in [0.2, 0.25) is 10.0 Å². The third kappa shape index (κ3) is 4.20. The summed E-state index contributed by atoms with van der Waals surface area (Å²) in [5.41, 5.74) is 1.67. The quantitative estimate of drug-likeness (QED) is 0.658. The van der Waals surface area contributed by atoms with Crippen LogP contribution in [-0.4, -0.2) is 44.9 Å². The molecule has 2 aromatic rings. The molecule has 4 rings (SSSR count). The highest BCUT2D eigenvalue weighted by Crippen LogP contribution is 2.31. The van der Waals surface area contributed by atoms with Crippen molar-refractivity contribution in [1.29, 1.82) is 0 Å². The maximum Gasteiger partial charge on any atom is 0.264 e. The van der Waals surface area contributed by atoms with Gasteiger partial charge in [0.25, 0.3) is 5.91 Å². The van der Waals surface area contributed by atoms with Gasteiger partial charge < -0.3 is 9.64 Å². The number of sulfonamides is 1. The highest BCUT2D eigenvalue weighted by Gasteiger charge is 2.29. The van der Waals surface area contributed by atoms with Crippen LogP contribution >= 0.6 is 15.9 Å². The molecule has 2 aliphatic rings. The summed E-state index contributed by atoms with van der Waals surface area (Å²) in [7, 11) is -3.46. The van der Waals surface area contributed by atoms with E-state index in [1.807, 2.05) is 18.2 Å². The number of rotatable bonds is 5. The topological polar surface area (TPSA) is 66.9 Å². The number of hydrogen-bond donors (Lipinski definition) is 0. The first-order chi connectivity index (χ1) is 14.0. The van der Waals surface area contributed by atoms with Gasteiger partial charge in [0, 0.05) is 25.3 Å².